The Morgan fingerprint density at radius 1 is 0.962 bits per heavy atom. The predicted molar refractivity (Wildman–Crippen MR) is 102 cm³/mol. The topological polar surface area (TPSA) is 81.2 Å². The first-order chi connectivity index (χ1) is 12.6. The predicted octanol–water partition coefficient (Wildman–Crippen LogP) is 4.68. The van der Waals surface area contributed by atoms with Gasteiger partial charge in [0, 0.05) is 22.8 Å². The maximum atomic E-state index is 6.11. The molecular weight excluding hydrogens is 377 g/mol. The Kier molecular flexibility index (Phi) is 5.60. The highest BCUT2D eigenvalue weighted by molar-refractivity contribution is 6.32. The van der Waals surface area contributed by atoms with E-state index in [0.29, 0.717) is 33.0 Å². The van der Waals surface area contributed by atoms with Gasteiger partial charge in [0.25, 0.3) is 0 Å². The van der Waals surface area contributed by atoms with Gasteiger partial charge < -0.3 is 20.1 Å². The molecule has 0 aliphatic heterocycles. The Labute approximate surface area is 160 Å². The zero-order valence-electron chi connectivity index (χ0n) is 14.0. The minimum atomic E-state index is 0.278. The third-order valence-corrected chi connectivity index (χ3v) is 3.91. The molecule has 0 bridgehead atoms. The van der Waals surface area contributed by atoms with E-state index in [9.17, 15) is 0 Å². The first-order valence-corrected chi connectivity index (χ1v) is 8.25. The van der Waals surface area contributed by atoms with Gasteiger partial charge in [-0.3, -0.25) is 0 Å². The molecule has 0 amide bonds. The van der Waals surface area contributed by atoms with Gasteiger partial charge in [-0.05, 0) is 18.2 Å². The molecule has 7 nitrogen and oxygen atoms in total. The highest BCUT2D eigenvalue weighted by atomic mass is 35.5. The molecule has 2 aromatic carbocycles. The van der Waals surface area contributed by atoms with Crippen molar-refractivity contribution in [1.29, 1.82) is 0 Å². The van der Waals surface area contributed by atoms with E-state index < -0.39 is 0 Å². The van der Waals surface area contributed by atoms with Crippen LogP contribution in [0.4, 0.5) is 23.1 Å². The molecule has 134 valence electrons. The van der Waals surface area contributed by atoms with Gasteiger partial charge in [0.05, 0.1) is 31.1 Å². The highest BCUT2D eigenvalue weighted by Crippen LogP contribution is 2.36. The lowest BCUT2D eigenvalue weighted by atomic mass is 10.2. The molecule has 9 heteroatoms. The van der Waals surface area contributed by atoms with Gasteiger partial charge >= 0.3 is 0 Å². The summed E-state index contributed by atoms with van der Waals surface area (Å²) >= 11 is 12.1. The van der Waals surface area contributed by atoms with Gasteiger partial charge in [-0.15, -0.1) is 5.10 Å². The smallest absolute Gasteiger partial charge is 0.249 e. The van der Waals surface area contributed by atoms with Crippen molar-refractivity contribution in [3.63, 3.8) is 0 Å². The Morgan fingerprint density at radius 3 is 2.50 bits per heavy atom. The Balaban J connectivity index is 1.85. The van der Waals surface area contributed by atoms with Crippen LogP contribution in [0.15, 0.2) is 42.6 Å². The van der Waals surface area contributed by atoms with Gasteiger partial charge in [-0.2, -0.15) is 10.1 Å². The molecule has 0 unspecified atom stereocenters. The van der Waals surface area contributed by atoms with E-state index in [1.165, 1.54) is 13.3 Å². The van der Waals surface area contributed by atoms with Gasteiger partial charge in [-0.1, -0.05) is 29.3 Å². The fourth-order valence-corrected chi connectivity index (χ4v) is 2.63. The normalized spacial score (nSPS) is 10.3. The van der Waals surface area contributed by atoms with E-state index >= 15 is 0 Å². The minimum Gasteiger partial charge on any atom is -0.495 e. The summed E-state index contributed by atoms with van der Waals surface area (Å²) in [5.74, 6) is 1.80. The van der Waals surface area contributed by atoms with Crippen LogP contribution in [0, 0.1) is 0 Å². The number of hydrogen-bond acceptors (Lipinski definition) is 7. The lowest BCUT2D eigenvalue weighted by molar-refractivity contribution is 0.405. The average Bonchev–Trinajstić information content (AvgIpc) is 2.63. The minimum absolute atomic E-state index is 0.278. The first-order valence-electron chi connectivity index (χ1n) is 7.50. The highest BCUT2D eigenvalue weighted by Gasteiger charge is 2.12. The van der Waals surface area contributed by atoms with Crippen LogP contribution in [0.5, 0.6) is 11.5 Å². The quantitative estimate of drug-likeness (QED) is 0.630. The fourth-order valence-electron chi connectivity index (χ4n) is 2.21. The van der Waals surface area contributed by atoms with Crippen LogP contribution in [-0.2, 0) is 0 Å². The molecule has 2 N–H and O–H groups in total. The van der Waals surface area contributed by atoms with E-state index in [-0.39, 0.29) is 5.95 Å². The zero-order chi connectivity index (χ0) is 18.5. The lowest BCUT2D eigenvalue weighted by Crippen LogP contribution is -2.03. The van der Waals surface area contributed by atoms with Crippen LogP contribution in [0.3, 0.4) is 0 Å². The third-order valence-electron chi connectivity index (χ3n) is 3.38. The molecule has 0 fully saturated rings. The van der Waals surface area contributed by atoms with Crippen molar-refractivity contribution in [2.75, 3.05) is 24.9 Å². The van der Waals surface area contributed by atoms with Gasteiger partial charge in [-0.25, -0.2) is 0 Å². The molecular formula is C17H15Cl2N5O2. The zero-order valence-corrected chi connectivity index (χ0v) is 15.5. The van der Waals surface area contributed by atoms with Crippen LogP contribution in [-0.4, -0.2) is 29.4 Å². The molecule has 3 rings (SSSR count). The standard InChI is InChI=1S/C17H15Cl2N5O2/c1-25-14-8-13(15(26-2)7-12(14)19)22-17-23-16(9-20-24-17)21-11-5-3-4-10(18)6-11/h3-9H,1-2H3,(H2,21,22,23,24). The van der Waals surface area contributed by atoms with E-state index in [2.05, 4.69) is 25.8 Å². The molecule has 0 saturated carbocycles. The van der Waals surface area contributed by atoms with Crippen LogP contribution in [0.25, 0.3) is 0 Å². The van der Waals surface area contributed by atoms with E-state index in [0.717, 1.165) is 5.69 Å². The van der Waals surface area contributed by atoms with Crippen LogP contribution < -0.4 is 20.1 Å². The summed E-state index contributed by atoms with van der Waals surface area (Å²) < 4.78 is 10.6. The Bertz CT molecular complexity index is 923. The fraction of sp³-hybridized carbons (Fsp3) is 0.118. The molecule has 3 aromatic rings. The number of ether oxygens (including phenoxy) is 2. The molecule has 0 radical (unpaired) electrons. The molecule has 1 heterocycles. The Morgan fingerprint density at radius 2 is 1.77 bits per heavy atom. The average molecular weight is 392 g/mol. The number of rotatable bonds is 6. The largest absolute Gasteiger partial charge is 0.495 e. The molecule has 0 saturated heterocycles. The van der Waals surface area contributed by atoms with Gasteiger partial charge in [0.15, 0.2) is 5.82 Å². The van der Waals surface area contributed by atoms with Crippen LogP contribution >= 0.6 is 23.2 Å². The summed E-state index contributed by atoms with van der Waals surface area (Å²) in [6, 6.07) is 10.6. The second kappa shape index (κ2) is 8.07. The van der Waals surface area contributed by atoms with Crippen molar-refractivity contribution >= 4 is 46.3 Å². The number of aromatic nitrogens is 3. The molecule has 0 atom stereocenters. The molecule has 0 aliphatic carbocycles. The summed E-state index contributed by atoms with van der Waals surface area (Å²) in [7, 11) is 3.07. The monoisotopic (exact) mass is 391 g/mol. The maximum absolute atomic E-state index is 6.11. The number of methoxy groups -OCH3 is 2. The van der Waals surface area contributed by atoms with E-state index in [4.69, 9.17) is 32.7 Å². The van der Waals surface area contributed by atoms with E-state index in [1.54, 1.807) is 31.4 Å². The summed E-state index contributed by atoms with van der Waals surface area (Å²) in [6.45, 7) is 0. The number of benzene rings is 2. The second-order valence-electron chi connectivity index (χ2n) is 5.11. The first kappa shape index (κ1) is 18.0. The van der Waals surface area contributed by atoms with Gasteiger partial charge in [0.1, 0.15) is 11.5 Å². The summed E-state index contributed by atoms with van der Waals surface area (Å²) in [5, 5.41) is 15.1. The SMILES string of the molecule is COc1cc(Nc2nncc(Nc3cccc(Cl)c3)n2)c(OC)cc1Cl. The molecule has 1 aromatic heterocycles. The lowest BCUT2D eigenvalue weighted by Gasteiger charge is -2.13. The number of hydrogen-bond donors (Lipinski definition) is 2. The molecule has 26 heavy (non-hydrogen) atoms. The second-order valence-corrected chi connectivity index (χ2v) is 5.96. The van der Waals surface area contributed by atoms with Crippen molar-refractivity contribution in [1.82, 2.24) is 15.2 Å². The van der Waals surface area contributed by atoms with Crippen molar-refractivity contribution in [3.05, 3.63) is 52.6 Å². The summed E-state index contributed by atoms with van der Waals surface area (Å²) in [6.07, 6.45) is 1.51. The van der Waals surface area contributed by atoms with Gasteiger partial charge in [0.2, 0.25) is 5.95 Å². The molecule has 0 spiro atoms. The van der Waals surface area contributed by atoms with E-state index in [1.807, 2.05) is 12.1 Å². The number of halogens is 2. The van der Waals surface area contributed by atoms with Crippen molar-refractivity contribution in [3.8, 4) is 11.5 Å². The Hall–Kier alpha value is -2.77. The number of nitrogens with zero attached hydrogens (tertiary/aromatic N) is 3. The summed E-state index contributed by atoms with van der Waals surface area (Å²) in [5.41, 5.74) is 1.38. The maximum Gasteiger partial charge on any atom is 0.249 e. The van der Waals surface area contributed by atoms with Crippen molar-refractivity contribution in [2.24, 2.45) is 0 Å². The van der Waals surface area contributed by atoms with Crippen molar-refractivity contribution in [2.45, 2.75) is 0 Å². The van der Waals surface area contributed by atoms with Crippen molar-refractivity contribution < 1.29 is 9.47 Å². The number of nitrogens with one attached hydrogen (secondary N) is 2. The third kappa shape index (κ3) is 4.25. The molecule has 0 aliphatic rings. The van der Waals surface area contributed by atoms with Crippen LogP contribution in [0.1, 0.15) is 0 Å². The number of anilines is 4. The summed E-state index contributed by atoms with van der Waals surface area (Å²) in [4.78, 5) is 4.38. The van der Waals surface area contributed by atoms with Crippen LogP contribution in [0.2, 0.25) is 10.0 Å².